The minimum Gasteiger partial charge on any atom is -0.393 e. The fourth-order valence-corrected chi connectivity index (χ4v) is 1.45. The molecule has 0 aliphatic rings. The topological polar surface area (TPSA) is 55.1 Å². The van der Waals surface area contributed by atoms with Crippen molar-refractivity contribution in [3.63, 3.8) is 0 Å². The highest BCUT2D eigenvalue weighted by molar-refractivity contribution is 9.10. The second-order valence-corrected chi connectivity index (χ2v) is 5.85. The Labute approximate surface area is 119 Å². The summed E-state index contributed by atoms with van der Waals surface area (Å²) in [5, 5.41) is 2.68. The van der Waals surface area contributed by atoms with Crippen molar-refractivity contribution in [2.45, 2.75) is 13.8 Å². The van der Waals surface area contributed by atoms with Gasteiger partial charge in [-0.3, -0.25) is 4.79 Å². The van der Waals surface area contributed by atoms with Gasteiger partial charge < -0.3 is 11.1 Å². The van der Waals surface area contributed by atoms with Crippen molar-refractivity contribution in [1.29, 1.82) is 0 Å². The van der Waals surface area contributed by atoms with Crippen molar-refractivity contribution >= 4 is 39.0 Å². The molecule has 3 nitrogen and oxygen atoms in total. The van der Waals surface area contributed by atoms with Crippen LogP contribution in [0.25, 0.3) is 0 Å². The predicted molar refractivity (Wildman–Crippen MR) is 77.0 cm³/mol. The van der Waals surface area contributed by atoms with Crippen LogP contribution in [0.2, 0.25) is 0 Å². The monoisotopic (exact) mass is 332 g/mol. The van der Waals surface area contributed by atoms with Gasteiger partial charge in [-0.15, -0.1) is 0 Å². The maximum absolute atomic E-state index is 13.3. The molecular weight excluding hydrogens is 319 g/mol. The molecule has 0 bridgehead atoms. The summed E-state index contributed by atoms with van der Waals surface area (Å²) < 4.78 is 13.6. The number of carbonyl (C=O) groups excluding carboxylic acids is 1. The van der Waals surface area contributed by atoms with Gasteiger partial charge in [0.25, 0.3) is 5.91 Å². The molecule has 0 saturated heterocycles. The smallest absolute Gasteiger partial charge is 0.251 e. The molecular formula is C12H14BrFN2OS. The molecule has 0 saturated carbocycles. The SMILES string of the molecule is CC(C)(CNC(=O)c1ccc(Br)c(F)c1)C(N)=S. The van der Waals surface area contributed by atoms with Crippen LogP contribution < -0.4 is 11.1 Å². The summed E-state index contributed by atoms with van der Waals surface area (Å²) in [5.41, 5.74) is 5.34. The van der Waals surface area contributed by atoms with E-state index in [1.54, 1.807) is 0 Å². The number of nitrogens with one attached hydrogen (secondary N) is 1. The highest BCUT2D eigenvalue weighted by Gasteiger charge is 2.22. The molecule has 0 unspecified atom stereocenters. The fourth-order valence-electron chi connectivity index (χ4n) is 1.13. The number of thiocarbonyl (C=S) groups is 1. The Bertz CT molecular complexity index is 491. The average molecular weight is 333 g/mol. The first-order valence-electron chi connectivity index (χ1n) is 5.27. The minimum atomic E-state index is -0.476. The molecule has 0 aliphatic carbocycles. The van der Waals surface area contributed by atoms with E-state index in [1.807, 2.05) is 13.8 Å². The molecule has 0 spiro atoms. The van der Waals surface area contributed by atoms with E-state index >= 15 is 0 Å². The summed E-state index contributed by atoms with van der Waals surface area (Å²) >= 11 is 7.93. The van der Waals surface area contributed by atoms with Crippen molar-refractivity contribution < 1.29 is 9.18 Å². The molecule has 0 fully saturated rings. The number of rotatable bonds is 4. The summed E-state index contributed by atoms with van der Waals surface area (Å²) in [6.45, 7) is 3.97. The Morgan fingerprint density at radius 2 is 2.17 bits per heavy atom. The van der Waals surface area contributed by atoms with Gasteiger partial charge in [-0.25, -0.2) is 4.39 Å². The lowest BCUT2D eigenvalue weighted by molar-refractivity contribution is 0.0944. The summed E-state index contributed by atoms with van der Waals surface area (Å²) in [6, 6.07) is 4.20. The van der Waals surface area contributed by atoms with Gasteiger partial charge >= 0.3 is 0 Å². The van der Waals surface area contributed by atoms with E-state index in [4.69, 9.17) is 18.0 Å². The van der Waals surface area contributed by atoms with Gasteiger partial charge in [0.2, 0.25) is 0 Å². The van der Waals surface area contributed by atoms with Crippen LogP contribution >= 0.6 is 28.1 Å². The number of hydrogen-bond donors (Lipinski definition) is 2. The molecule has 0 atom stereocenters. The van der Waals surface area contributed by atoms with E-state index in [0.29, 0.717) is 16.0 Å². The lowest BCUT2D eigenvalue weighted by atomic mass is 9.93. The number of carbonyl (C=O) groups is 1. The Balaban J connectivity index is 2.72. The Hall–Kier alpha value is -1.01. The van der Waals surface area contributed by atoms with E-state index in [2.05, 4.69) is 21.2 Å². The molecule has 0 heterocycles. The van der Waals surface area contributed by atoms with Crippen LogP contribution in [0.4, 0.5) is 4.39 Å². The highest BCUT2D eigenvalue weighted by Crippen LogP contribution is 2.17. The van der Waals surface area contributed by atoms with E-state index < -0.39 is 11.2 Å². The van der Waals surface area contributed by atoms with Crippen LogP contribution in [0.5, 0.6) is 0 Å². The number of hydrogen-bond acceptors (Lipinski definition) is 2. The van der Waals surface area contributed by atoms with Gasteiger partial charge in [-0.1, -0.05) is 26.1 Å². The zero-order valence-electron chi connectivity index (χ0n) is 10.1. The average Bonchev–Trinajstić information content (AvgIpc) is 2.29. The summed E-state index contributed by atoms with van der Waals surface area (Å²) in [7, 11) is 0. The zero-order valence-corrected chi connectivity index (χ0v) is 12.5. The summed E-state index contributed by atoms with van der Waals surface area (Å²) in [6.07, 6.45) is 0. The number of amides is 1. The molecule has 0 aromatic heterocycles. The first kappa shape index (κ1) is 15.0. The molecule has 0 aliphatic heterocycles. The molecule has 1 rings (SSSR count). The Kier molecular flexibility index (Phi) is 4.81. The van der Waals surface area contributed by atoms with Gasteiger partial charge in [0, 0.05) is 17.5 Å². The molecule has 1 amide bonds. The fraction of sp³-hybridized carbons (Fsp3) is 0.333. The molecule has 18 heavy (non-hydrogen) atoms. The molecule has 0 radical (unpaired) electrons. The third-order valence-corrected chi connectivity index (χ3v) is 3.74. The van der Waals surface area contributed by atoms with Crippen molar-refractivity contribution in [3.05, 3.63) is 34.1 Å². The Morgan fingerprint density at radius 3 is 2.67 bits per heavy atom. The van der Waals surface area contributed by atoms with E-state index in [1.165, 1.54) is 18.2 Å². The van der Waals surface area contributed by atoms with Crippen LogP contribution in [0.3, 0.4) is 0 Å². The number of nitrogens with two attached hydrogens (primary N) is 1. The van der Waals surface area contributed by atoms with Gasteiger partial charge in [0.1, 0.15) is 5.82 Å². The number of halogens is 2. The maximum Gasteiger partial charge on any atom is 0.251 e. The van der Waals surface area contributed by atoms with Crippen molar-refractivity contribution in [1.82, 2.24) is 5.32 Å². The van der Waals surface area contributed by atoms with Gasteiger partial charge in [0.05, 0.1) is 9.46 Å². The van der Waals surface area contributed by atoms with Crippen molar-refractivity contribution in [2.75, 3.05) is 6.54 Å². The molecule has 1 aromatic rings. The van der Waals surface area contributed by atoms with Crippen molar-refractivity contribution in [3.8, 4) is 0 Å². The largest absolute Gasteiger partial charge is 0.393 e. The molecule has 6 heteroatoms. The second-order valence-electron chi connectivity index (χ2n) is 4.56. The minimum absolute atomic E-state index is 0.259. The first-order chi connectivity index (χ1) is 8.24. The van der Waals surface area contributed by atoms with Crippen molar-refractivity contribution in [2.24, 2.45) is 11.1 Å². The van der Waals surface area contributed by atoms with Crippen LogP contribution in [0.1, 0.15) is 24.2 Å². The van der Waals surface area contributed by atoms with E-state index in [0.717, 1.165) is 0 Å². The van der Waals surface area contributed by atoms with Gasteiger partial charge in [-0.05, 0) is 34.1 Å². The second kappa shape index (κ2) is 5.75. The summed E-state index contributed by atoms with van der Waals surface area (Å²) in [5.74, 6) is -0.831. The maximum atomic E-state index is 13.3. The van der Waals surface area contributed by atoms with Crippen LogP contribution in [0.15, 0.2) is 22.7 Å². The molecule has 98 valence electrons. The standard InChI is InChI=1S/C12H14BrFN2OS/c1-12(2,11(15)18)6-16-10(17)7-3-4-8(13)9(14)5-7/h3-5H,6H2,1-2H3,(H2,15,18)(H,16,17). The van der Waals surface area contributed by atoms with Crippen LogP contribution in [-0.2, 0) is 0 Å². The normalized spacial score (nSPS) is 11.1. The quantitative estimate of drug-likeness (QED) is 0.833. The number of benzene rings is 1. The lowest BCUT2D eigenvalue weighted by Gasteiger charge is -2.23. The zero-order chi connectivity index (χ0) is 13.9. The molecule has 1 aromatic carbocycles. The predicted octanol–water partition coefficient (Wildman–Crippen LogP) is 2.63. The summed E-state index contributed by atoms with van der Waals surface area (Å²) in [4.78, 5) is 12.1. The first-order valence-corrected chi connectivity index (χ1v) is 6.47. The molecule has 3 N–H and O–H groups in total. The van der Waals surface area contributed by atoms with E-state index in [-0.39, 0.29) is 11.5 Å². The van der Waals surface area contributed by atoms with E-state index in [9.17, 15) is 9.18 Å². The van der Waals surface area contributed by atoms with Gasteiger partial charge in [0.15, 0.2) is 0 Å². The lowest BCUT2D eigenvalue weighted by Crippen LogP contribution is -2.41. The van der Waals surface area contributed by atoms with Crippen LogP contribution in [0, 0.1) is 11.2 Å². The Morgan fingerprint density at radius 1 is 1.56 bits per heavy atom. The van der Waals surface area contributed by atoms with Gasteiger partial charge in [-0.2, -0.15) is 0 Å². The highest BCUT2D eigenvalue weighted by atomic mass is 79.9. The van der Waals surface area contributed by atoms with Crippen LogP contribution in [-0.4, -0.2) is 17.4 Å². The third kappa shape index (κ3) is 3.74. The third-order valence-electron chi connectivity index (χ3n) is 2.54.